The Morgan fingerprint density at radius 1 is 1.13 bits per heavy atom. The lowest BCUT2D eigenvalue weighted by molar-refractivity contribution is -0.151. The number of nitrogens with zero attached hydrogens (tertiary/aromatic N) is 1. The summed E-state index contributed by atoms with van der Waals surface area (Å²) in [4.78, 5) is 38.4. The third-order valence-corrected chi connectivity index (χ3v) is 5.15. The van der Waals surface area contributed by atoms with Crippen LogP contribution in [0.15, 0.2) is 46.9 Å². The number of esters is 1. The van der Waals surface area contributed by atoms with Crippen molar-refractivity contribution in [2.45, 2.75) is 6.42 Å². The first-order valence-corrected chi connectivity index (χ1v) is 9.95. The van der Waals surface area contributed by atoms with E-state index in [-0.39, 0.29) is 18.9 Å². The van der Waals surface area contributed by atoms with E-state index >= 15 is 0 Å². The molecule has 9 heteroatoms. The second kappa shape index (κ2) is 9.62. The summed E-state index contributed by atoms with van der Waals surface area (Å²) in [6.45, 7) is -0.246. The Morgan fingerprint density at radius 3 is 2.53 bits per heavy atom. The van der Waals surface area contributed by atoms with Crippen LogP contribution in [0.1, 0.15) is 6.42 Å². The van der Waals surface area contributed by atoms with Crippen LogP contribution in [0.25, 0.3) is 0 Å². The van der Waals surface area contributed by atoms with Crippen LogP contribution in [0, 0.1) is 5.92 Å². The van der Waals surface area contributed by atoms with Crippen molar-refractivity contribution in [1.29, 1.82) is 0 Å². The molecule has 1 atom stereocenters. The molecule has 1 heterocycles. The summed E-state index contributed by atoms with van der Waals surface area (Å²) < 4.78 is 16.4. The van der Waals surface area contributed by atoms with Gasteiger partial charge in [-0.1, -0.05) is 15.9 Å². The van der Waals surface area contributed by atoms with E-state index < -0.39 is 24.4 Å². The molecule has 1 aliphatic heterocycles. The van der Waals surface area contributed by atoms with E-state index in [2.05, 4.69) is 21.2 Å². The van der Waals surface area contributed by atoms with E-state index in [1.165, 1.54) is 14.2 Å². The number of amides is 2. The SMILES string of the molecule is COc1ccc(NC(=O)COC(=O)[C@@H]2CC(=O)N(c3ccc(Br)cc3)C2)c(OC)c1. The lowest BCUT2D eigenvalue weighted by Gasteiger charge is -2.16. The number of hydrogen-bond acceptors (Lipinski definition) is 6. The molecule has 30 heavy (non-hydrogen) atoms. The minimum absolute atomic E-state index is 0.0445. The molecular formula is C21H21BrN2O6. The zero-order valence-electron chi connectivity index (χ0n) is 16.5. The van der Waals surface area contributed by atoms with Gasteiger partial charge in [0.2, 0.25) is 5.91 Å². The van der Waals surface area contributed by atoms with Crippen LogP contribution in [0.3, 0.4) is 0 Å². The van der Waals surface area contributed by atoms with Crippen LogP contribution < -0.4 is 19.7 Å². The largest absolute Gasteiger partial charge is 0.497 e. The van der Waals surface area contributed by atoms with Crippen molar-refractivity contribution in [3.8, 4) is 11.5 Å². The van der Waals surface area contributed by atoms with Gasteiger partial charge in [0.1, 0.15) is 11.5 Å². The predicted molar refractivity (Wildman–Crippen MR) is 114 cm³/mol. The monoisotopic (exact) mass is 476 g/mol. The normalized spacial score (nSPS) is 15.6. The fraction of sp³-hybridized carbons (Fsp3) is 0.286. The van der Waals surface area contributed by atoms with Gasteiger partial charge in [-0.15, -0.1) is 0 Å². The van der Waals surface area contributed by atoms with E-state index in [1.54, 1.807) is 35.2 Å². The third-order valence-electron chi connectivity index (χ3n) is 4.62. The van der Waals surface area contributed by atoms with E-state index in [4.69, 9.17) is 14.2 Å². The number of carbonyl (C=O) groups excluding carboxylic acids is 3. The number of hydrogen-bond donors (Lipinski definition) is 1. The highest BCUT2D eigenvalue weighted by molar-refractivity contribution is 9.10. The van der Waals surface area contributed by atoms with Gasteiger partial charge in [-0.2, -0.15) is 0 Å². The van der Waals surface area contributed by atoms with E-state index in [0.717, 1.165) is 4.47 Å². The number of nitrogens with one attached hydrogen (secondary N) is 1. The van der Waals surface area contributed by atoms with Crippen LogP contribution in [0.5, 0.6) is 11.5 Å². The number of carbonyl (C=O) groups is 3. The van der Waals surface area contributed by atoms with Crippen molar-refractivity contribution in [2.75, 3.05) is 37.6 Å². The maximum absolute atomic E-state index is 12.4. The summed E-state index contributed by atoms with van der Waals surface area (Å²) in [6, 6.07) is 12.2. The Labute approximate surface area is 182 Å². The molecule has 0 spiro atoms. The lowest BCUT2D eigenvalue weighted by atomic mass is 10.1. The fourth-order valence-electron chi connectivity index (χ4n) is 3.08. The summed E-state index contributed by atoms with van der Waals surface area (Å²) >= 11 is 3.35. The van der Waals surface area contributed by atoms with E-state index in [1.807, 2.05) is 12.1 Å². The summed E-state index contributed by atoms with van der Waals surface area (Å²) in [5.41, 5.74) is 1.14. The zero-order valence-corrected chi connectivity index (χ0v) is 18.1. The second-order valence-corrected chi connectivity index (χ2v) is 7.52. The van der Waals surface area contributed by atoms with Crippen LogP contribution in [0.4, 0.5) is 11.4 Å². The van der Waals surface area contributed by atoms with E-state index in [9.17, 15) is 14.4 Å². The minimum atomic E-state index is -0.621. The quantitative estimate of drug-likeness (QED) is 0.617. The van der Waals surface area contributed by atoms with Crippen molar-refractivity contribution in [3.05, 3.63) is 46.9 Å². The Morgan fingerprint density at radius 2 is 1.87 bits per heavy atom. The average Bonchev–Trinajstić information content (AvgIpc) is 3.14. The maximum Gasteiger partial charge on any atom is 0.311 e. The molecule has 3 rings (SSSR count). The maximum atomic E-state index is 12.4. The molecule has 0 aromatic heterocycles. The molecule has 2 amide bonds. The van der Waals surface area contributed by atoms with Gasteiger partial charge >= 0.3 is 5.97 Å². The van der Waals surface area contributed by atoms with Gasteiger partial charge in [-0.3, -0.25) is 14.4 Å². The Hall–Kier alpha value is -3.07. The standard InChI is InChI=1S/C21H21BrN2O6/c1-28-16-7-8-17(18(10-16)29-2)23-19(25)12-30-21(27)13-9-20(26)24(11-13)15-5-3-14(22)4-6-15/h3-8,10,13H,9,11-12H2,1-2H3,(H,23,25)/t13-/m1/s1. The van der Waals surface area contributed by atoms with Crippen molar-refractivity contribution < 1.29 is 28.6 Å². The summed E-state index contributed by atoms with van der Waals surface area (Å²) in [5.74, 6) is -0.880. The molecule has 1 fully saturated rings. The molecule has 158 valence electrons. The molecule has 1 saturated heterocycles. The molecule has 8 nitrogen and oxygen atoms in total. The van der Waals surface area contributed by atoms with Crippen LogP contribution in [-0.2, 0) is 19.1 Å². The van der Waals surface area contributed by atoms with Gasteiger partial charge in [0, 0.05) is 29.2 Å². The Balaban J connectivity index is 1.54. The molecule has 0 unspecified atom stereocenters. The molecule has 0 aliphatic carbocycles. The topological polar surface area (TPSA) is 94.2 Å². The van der Waals surface area contributed by atoms with Crippen LogP contribution >= 0.6 is 15.9 Å². The highest BCUT2D eigenvalue weighted by Crippen LogP contribution is 2.29. The number of benzene rings is 2. The van der Waals surface area contributed by atoms with Crippen molar-refractivity contribution in [1.82, 2.24) is 0 Å². The minimum Gasteiger partial charge on any atom is -0.497 e. The number of anilines is 2. The number of ether oxygens (including phenoxy) is 3. The molecule has 0 saturated carbocycles. The number of methoxy groups -OCH3 is 2. The fourth-order valence-corrected chi connectivity index (χ4v) is 3.34. The predicted octanol–water partition coefficient (Wildman–Crippen LogP) is 3.00. The highest BCUT2D eigenvalue weighted by atomic mass is 79.9. The average molecular weight is 477 g/mol. The van der Waals surface area contributed by atoms with Crippen LogP contribution in [0.2, 0.25) is 0 Å². The van der Waals surface area contributed by atoms with Crippen LogP contribution in [-0.4, -0.2) is 45.2 Å². The zero-order chi connectivity index (χ0) is 21.7. The molecule has 0 radical (unpaired) electrons. The first kappa shape index (κ1) is 21.6. The second-order valence-electron chi connectivity index (χ2n) is 6.60. The number of rotatable bonds is 7. The molecule has 1 aliphatic rings. The highest BCUT2D eigenvalue weighted by Gasteiger charge is 2.36. The Kier molecular flexibility index (Phi) is 6.94. The first-order chi connectivity index (χ1) is 14.4. The molecule has 2 aromatic rings. The molecule has 1 N–H and O–H groups in total. The van der Waals surface area contributed by atoms with Gasteiger partial charge in [0.25, 0.3) is 5.91 Å². The summed E-state index contributed by atoms with van der Waals surface area (Å²) in [5, 5.41) is 2.63. The van der Waals surface area contributed by atoms with Crippen molar-refractivity contribution >= 4 is 45.1 Å². The van der Waals surface area contributed by atoms with Gasteiger partial charge in [0.15, 0.2) is 6.61 Å². The Bertz CT molecular complexity index is 947. The molecule has 0 bridgehead atoms. The number of halogens is 1. The molecule has 2 aromatic carbocycles. The molecular weight excluding hydrogens is 456 g/mol. The van der Waals surface area contributed by atoms with Crippen molar-refractivity contribution in [3.63, 3.8) is 0 Å². The smallest absolute Gasteiger partial charge is 0.311 e. The lowest BCUT2D eigenvalue weighted by Crippen LogP contribution is -2.28. The van der Waals surface area contributed by atoms with Crippen molar-refractivity contribution in [2.24, 2.45) is 5.92 Å². The van der Waals surface area contributed by atoms with Gasteiger partial charge < -0.3 is 24.4 Å². The van der Waals surface area contributed by atoms with E-state index in [0.29, 0.717) is 22.9 Å². The van der Waals surface area contributed by atoms with Gasteiger partial charge in [-0.05, 0) is 36.4 Å². The van der Waals surface area contributed by atoms with Gasteiger partial charge in [0.05, 0.1) is 25.8 Å². The summed E-state index contributed by atoms with van der Waals surface area (Å²) in [7, 11) is 3.00. The third kappa shape index (κ3) is 5.10. The first-order valence-electron chi connectivity index (χ1n) is 9.15. The van der Waals surface area contributed by atoms with Gasteiger partial charge in [-0.25, -0.2) is 0 Å². The summed E-state index contributed by atoms with van der Waals surface area (Å²) in [6.07, 6.45) is 0.0445.